The number of ether oxygens (including phenoxy) is 1. The number of azo groups is 2. The molecule has 0 aromatic heterocycles. The number of hydrogen-bond donors (Lipinski definition) is 1. The number of hydrogen-bond acceptors (Lipinski definition) is 6. The fraction of sp³-hybridized carbons (Fsp3) is 0.318. The third-order valence-corrected chi connectivity index (χ3v) is 5.25. The molecular weight excluding hydrogens is 398 g/mol. The van der Waals surface area contributed by atoms with Crippen molar-refractivity contribution in [3.05, 3.63) is 54.1 Å². The average Bonchev–Trinajstić information content (AvgIpc) is 3.18. The number of carbonyl (C=O) groups is 3. The lowest BCUT2D eigenvalue weighted by Gasteiger charge is -2.27. The summed E-state index contributed by atoms with van der Waals surface area (Å²) >= 11 is 0. The number of aryl methyl sites for hydroxylation is 1. The third kappa shape index (κ3) is 4.11. The van der Waals surface area contributed by atoms with Crippen molar-refractivity contribution in [2.75, 3.05) is 36.5 Å². The van der Waals surface area contributed by atoms with Crippen molar-refractivity contribution < 1.29 is 23.8 Å². The Hall–Kier alpha value is -3.75. The van der Waals surface area contributed by atoms with E-state index >= 15 is 0 Å². The summed E-state index contributed by atoms with van der Waals surface area (Å²) in [6.45, 7) is 4.95. The molecule has 2 aromatic rings. The molecule has 9 nitrogen and oxygen atoms in total. The minimum absolute atomic E-state index is 0.333. The van der Waals surface area contributed by atoms with E-state index in [1.165, 1.54) is 4.90 Å². The number of anilines is 2. The number of amides is 3. The second kappa shape index (κ2) is 8.55. The fourth-order valence-corrected chi connectivity index (χ4v) is 3.67. The van der Waals surface area contributed by atoms with E-state index in [4.69, 9.17) is 4.74 Å². The van der Waals surface area contributed by atoms with E-state index in [2.05, 4.69) is 10.4 Å². The first-order chi connectivity index (χ1) is 15.0. The summed E-state index contributed by atoms with van der Waals surface area (Å²) in [5, 5.41) is 7.19. The molecule has 1 N–H and O–H groups in total. The number of benzene rings is 2. The molecule has 4 rings (SSSR count). The van der Waals surface area contributed by atoms with Crippen molar-refractivity contribution in [3.8, 4) is 5.75 Å². The van der Waals surface area contributed by atoms with Crippen molar-refractivity contribution in [3.63, 3.8) is 0 Å². The Morgan fingerprint density at radius 3 is 2.55 bits per heavy atom. The Morgan fingerprint density at radius 1 is 1.13 bits per heavy atom. The Balaban J connectivity index is 1.54. The van der Waals surface area contributed by atoms with Crippen LogP contribution in [0.15, 0.2) is 53.6 Å². The Labute approximate surface area is 179 Å². The Kier molecular flexibility index (Phi) is 5.66. The van der Waals surface area contributed by atoms with E-state index in [-0.39, 0.29) is 6.54 Å². The lowest BCUT2D eigenvalue weighted by atomic mass is 10.2. The molecule has 0 spiro atoms. The highest BCUT2D eigenvalue weighted by atomic mass is 16.5. The van der Waals surface area contributed by atoms with Crippen molar-refractivity contribution in [2.45, 2.75) is 20.1 Å². The monoisotopic (exact) mass is 422 g/mol. The summed E-state index contributed by atoms with van der Waals surface area (Å²) in [6, 6.07) is 14.8. The number of carbonyl (C=O) groups excluding carboxylic acids is 3. The average molecular weight is 422 g/mol. The van der Waals surface area contributed by atoms with E-state index in [1.807, 2.05) is 61.2 Å². The lowest BCUT2D eigenvalue weighted by molar-refractivity contribution is -0.509. The lowest BCUT2D eigenvalue weighted by Crippen LogP contribution is -2.52. The van der Waals surface area contributed by atoms with Crippen LogP contribution in [0.3, 0.4) is 0 Å². The minimum atomic E-state index is -0.801. The van der Waals surface area contributed by atoms with E-state index in [1.54, 1.807) is 6.07 Å². The molecule has 1 saturated heterocycles. The standard InChI is InChI=1S/C22H23N5O4/c1-3-31-17-10-8-16(9-11-17)25-12-13-26-20(29)21(30)27(24-22(25)26)14-19(28)23-18-7-5-4-6-15(18)2/h4-11,22H,3,12-14H2,1-2H3/p+1. The molecular formula is C22H24N5O4+. The summed E-state index contributed by atoms with van der Waals surface area (Å²) in [4.78, 5) is 41.0. The largest absolute Gasteiger partial charge is 0.502 e. The molecule has 1 unspecified atom stereocenters. The molecule has 1 fully saturated rings. The Morgan fingerprint density at radius 2 is 1.84 bits per heavy atom. The fourth-order valence-electron chi connectivity index (χ4n) is 3.67. The molecule has 2 aromatic carbocycles. The molecule has 0 bridgehead atoms. The highest BCUT2D eigenvalue weighted by Gasteiger charge is 2.49. The predicted molar refractivity (Wildman–Crippen MR) is 113 cm³/mol. The first kappa shape index (κ1) is 20.5. The molecule has 0 aliphatic carbocycles. The molecule has 2 heterocycles. The minimum Gasteiger partial charge on any atom is -0.494 e. The quantitative estimate of drug-likeness (QED) is 0.567. The number of para-hydroxylation sites is 1. The first-order valence-corrected chi connectivity index (χ1v) is 10.2. The number of rotatable bonds is 6. The molecule has 9 heteroatoms. The summed E-state index contributed by atoms with van der Waals surface area (Å²) < 4.78 is 6.44. The summed E-state index contributed by atoms with van der Waals surface area (Å²) in [5.41, 5.74) is 2.41. The van der Waals surface area contributed by atoms with Gasteiger partial charge in [-0.1, -0.05) is 18.2 Å². The summed E-state index contributed by atoms with van der Waals surface area (Å²) in [6.07, 6.45) is -0.672. The van der Waals surface area contributed by atoms with Crippen LogP contribution < -0.4 is 15.0 Å². The highest BCUT2D eigenvalue weighted by Crippen LogP contribution is 2.28. The van der Waals surface area contributed by atoms with Gasteiger partial charge in [0, 0.05) is 29.6 Å². The SMILES string of the molecule is CCOc1ccc(N2CCN3C(=O)C(=O)[N+](CC(=O)Nc4ccccc4C)=NC32)cc1. The molecule has 0 radical (unpaired) electrons. The number of nitrogens with zero attached hydrogens (tertiary/aromatic N) is 4. The molecule has 2 aliphatic heterocycles. The number of fused-ring (bicyclic) bond motifs is 1. The molecule has 3 amide bonds. The van der Waals surface area contributed by atoms with Crippen LogP contribution in [0, 0.1) is 6.92 Å². The van der Waals surface area contributed by atoms with Crippen LogP contribution >= 0.6 is 0 Å². The van der Waals surface area contributed by atoms with Gasteiger partial charge in [0.1, 0.15) is 5.75 Å². The van der Waals surface area contributed by atoms with Gasteiger partial charge in [0.25, 0.3) is 18.7 Å². The first-order valence-electron chi connectivity index (χ1n) is 10.2. The second-order valence-electron chi connectivity index (χ2n) is 7.31. The van der Waals surface area contributed by atoms with Gasteiger partial charge in [0.15, 0.2) is 0 Å². The van der Waals surface area contributed by atoms with Gasteiger partial charge in [0.05, 0.1) is 6.61 Å². The van der Waals surface area contributed by atoms with Crippen LogP contribution in [-0.2, 0) is 14.4 Å². The van der Waals surface area contributed by atoms with Crippen molar-refractivity contribution in [1.82, 2.24) is 4.90 Å². The van der Waals surface area contributed by atoms with E-state index in [0.29, 0.717) is 25.4 Å². The van der Waals surface area contributed by atoms with Gasteiger partial charge in [-0.25, -0.2) is 4.79 Å². The topological polar surface area (TPSA) is 94.3 Å². The predicted octanol–water partition coefficient (Wildman–Crippen LogP) is 1.97. The smallest absolute Gasteiger partial charge is 0.494 e. The van der Waals surface area contributed by atoms with Crippen LogP contribution in [-0.4, -0.2) is 59.8 Å². The van der Waals surface area contributed by atoms with Crippen LogP contribution in [0.2, 0.25) is 0 Å². The maximum absolute atomic E-state index is 12.6. The van der Waals surface area contributed by atoms with Gasteiger partial charge in [-0.15, -0.1) is 0 Å². The zero-order chi connectivity index (χ0) is 22.0. The maximum Gasteiger partial charge on any atom is 0.502 e. The zero-order valence-corrected chi connectivity index (χ0v) is 17.4. The summed E-state index contributed by atoms with van der Waals surface area (Å²) in [7, 11) is 0. The van der Waals surface area contributed by atoms with Crippen LogP contribution in [0.4, 0.5) is 11.4 Å². The van der Waals surface area contributed by atoms with Gasteiger partial charge in [-0.3, -0.25) is 14.5 Å². The molecule has 31 heavy (non-hydrogen) atoms. The van der Waals surface area contributed by atoms with Gasteiger partial charge in [-0.2, -0.15) is 0 Å². The maximum atomic E-state index is 12.6. The summed E-state index contributed by atoms with van der Waals surface area (Å²) in [5.74, 6) is -1.12. The van der Waals surface area contributed by atoms with Crippen LogP contribution in [0.5, 0.6) is 5.75 Å². The third-order valence-electron chi connectivity index (χ3n) is 5.25. The van der Waals surface area contributed by atoms with Crippen molar-refractivity contribution >= 4 is 29.1 Å². The van der Waals surface area contributed by atoms with Crippen LogP contribution in [0.25, 0.3) is 0 Å². The van der Waals surface area contributed by atoms with E-state index in [0.717, 1.165) is 21.7 Å². The van der Waals surface area contributed by atoms with Gasteiger partial charge < -0.3 is 15.0 Å². The van der Waals surface area contributed by atoms with Crippen molar-refractivity contribution in [1.29, 1.82) is 0 Å². The molecule has 0 saturated carbocycles. The molecule has 160 valence electrons. The Bertz CT molecular complexity index is 1050. The van der Waals surface area contributed by atoms with Crippen molar-refractivity contribution in [2.24, 2.45) is 5.11 Å². The number of nitrogens with one attached hydrogen (secondary N) is 1. The molecule has 1 atom stereocenters. The van der Waals surface area contributed by atoms with Crippen LogP contribution in [0.1, 0.15) is 12.5 Å². The second-order valence-corrected chi connectivity index (χ2v) is 7.31. The normalized spacial score (nSPS) is 18.0. The van der Waals surface area contributed by atoms with Gasteiger partial charge in [0.2, 0.25) is 0 Å². The van der Waals surface area contributed by atoms with Gasteiger partial charge >= 0.3 is 11.8 Å². The zero-order valence-electron chi connectivity index (χ0n) is 17.4. The van der Waals surface area contributed by atoms with E-state index < -0.39 is 24.0 Å². The van der Waals surface area contributed by atoms with Gasteiger partial charge in [-0.05, 0) is 54.4 Å². The highest BCUT2D eigenvalue weighted by molar-refractivity contribution is 6.32. The van der Waals surface area contributed by atoms with E-state index in [9.17, 15) is 14.4 Å². The molecule has 2 aliphatic rings.